The molecule has 0 N–H and O–H groups in total. The van der Waals surface area contributed by atoms with Crippen LogP contribution in [0.2, 0.25) is 5.02 Å². The molecule has 208 valence electrons. The highest BCUT2D eigenvalue weighted by molar-refractivity contribution is 14.1. The lowest BCUT2D eigenvalue weighted by atomic mass is 10.1. The first-order valence-corrected chi connectivity index (χ1v) is 15.5. The van der Waals surface area contributed by atoms with Gasteiger partial charge in [0.05, 0.1) is 21.6 Å². The lowest BCUT2D eigenvalue weighted by Gasteiger charge is -2.15. The van der Waals surface area contributed by atoms with Gasteiger partial charge in [-0.2, -0.15) is 8.42 Å². The Labute approximate surface area is 253 Å². The van der Waals surface area contributed by atoms with E-state index in [0.717, 1.165) is 22.2 Å². The molecule has 0 aliphatic carbocycles. The van der Waals surface area contributed by atoms with E-state index < -0.39 is 21.3 Å². The van der Waals surface area contributed by atoms with Crippen molar-refractivity contribution < 1.29 is 36.4 Å². The molecule has 0 spiro atoms. The van der Waals surface area contributed by atoms with Crippen LogP contribution in [0, 0.1) is 10.5 Å². The molecule has 3 aromatic rings. The van der Waals surface area contributed by atoms with E-state index in [2.05, 4.69) is 0 Å². The van der Waals surface area contributed by atoms with E-state index in [1.807, 2.05) is 29.5 Å². The third-order valence-corrected chi connectivity index (χ3v) is 9.17. The van der Waals surface area contributed by atoms with Crippen molar-refractivity contribution in [2.24, 2.45) is 0 Å². The summed E-state index contributed by atoms with van der Waals surface area (Å²) < 4.78 is 48.2. The molecule has 13 heteroatoms. The Hall–Kier alpha value is -2.94. The fraction of sp³-hybridized carbons (Fsp3) is 0.185. The third kappa shape index (κ3) is 5.90. The second kappa shape index (κ2) is 11.5. The molecule has 0 saturated carbocycles. The minimum absolute atomic E-state index is 0.0108. The summed E-state index contributed by atoms with van der Waals surface area (Å²) in [6.07, 6.45) is 1.55. The average molecular weight is 714 g/mol. The van der Waals surface area contributed by atoms with Crippen LogP contribution in [-0.2, 0) is 21.5 Å². The van der Waals surface area contributed by atoms with Crippen LogP contribution in [0.25, 0.3) is 6.08 Å². The predicted octanol–water partition coefficient (Wildman–Crippen LogP) is 6.38. The predicted molar refractivity (Wildman–Crippen MR) is 158 cm³/mol. The molecule has 1 saturated heterocycles. The van der Waals surface area contributed by atoms with E-state index >= 15 is 0 Å². The molecule has 2 aliphatic heterocycles. The van der Waals surface area contributed by atoms with Gasteiger partial charge in [0, 0.05) is 11.1 Å². The maximum atomic E-state index is 13.2. The second-order valence-electron chi connectivity index (χ2n) is 8.68. The van der Waals surface area contributed by atoms with Crippen molar-refractivity contribution in [1.82, 2.24) is 4.90 Å². The average Bonchev–Trinajstić information content (AvgIpc) is 3.45. The lowest BCUT2D eigenvalue weighted by molar-refractivity contribution is -0.123. The van der Waals surface area contributed by atoms with Crippen molar-refractivity contribution in [3.63, 3.8) is 0 Å². The SMILES string of the molecule is CCOc1cc(/C=C2\SC(=O)N(Cc3cc4c(cc3Cl)OCO4)C2=O)cc(I)c1OS(=O)(=O)c1ccc(C)cc1. The van der Waals surface area contributed by atoms with Crippen molar-refractivity contribution in [1.29, 1.82) is 0 Å². The van der Waals surface area contributed by atoms with Gasteiger partial charge in [-0.25, -0.2) is 0 Å². The molecule has 3 aromatic carbocycles. The molecule has 40 heavy (non-hydrogen) atoms. The number of hydrogen-bond acceptors (Lipinski definition) is 9. The zero-order valence-corrected chi connectivity index (χ0v) is 25.6. The van der Waals surface area contributed by atoms with E-state index in [4.69, 9.17) is 30.0 Å². The number of carbonyl (C=O) groups is 2. The molecular formula is C27H21ClINO8S2. The van der Waals surface area contributed by atoms with Crippen LogP contribution in [0.5, 0.6) is 23.0 Å². The number of imide groups is 1. The van der Waals surface area contributed by atoms with Crippen LogP contribution in [0.4, 0.5) is 4.79 Å². The fourth-order valence-corrected chi connectivity index (χ4v) is 6.81. The number of ether oxygens (including phenoxy) is 3. The number of carbonyl (C=O) groups excluding carboxylic acids is 2. The topological polar surface area (TPSA) is 108 Å². The normalized spacial score (nSPS) is 15.7. The number of halogens is 2. The largest absolute Gasteiger partial charge is 0.490 e. The zero-order valence-electron chi connectivity index (χ0n) is 21.1. The Kier molecular flexibility index (Phi) is 8.22. The van der Waals surface area contributed by atoms with Gasteiger partial charge in [0.25, 0.3) is 11.1 Å². The summed E-state index contributed by atoms with van der Waals surface area (Å²) in [7, 11) is -4.13. The van der Waals surface area contributed by atoms with E-state index in [1.54, 1.807) is 49.4 Å². The lowest BCUT2D eigenvalue weighted by Crippen LogP contribution is -2.27. The van der Waals surface area contributed by atoms with Gasteiger partial charge in [-0.15, -0.1) is 0 Å². The minimum atomic E-state index is -4.13. The van der Waals surface area contributed by atoms with E-state index in [-0.39, 0.29) is 41.2 Å². The molecule has 0 atom stereocenters. The maximum absolute atomic E-state index is 13.2. The summed E-state index contributed by atoms with van der Waals surface area (Å²) >= 11 is 9.08. The Morgan fingerprint density at radius 2 is 1.80 bits per heavy atom. The number of aryl methyl sites for hydroxylation is 1. The number of rotatable bonds is 8. The van der Waals surface area contributed by atoms with Crippen molar-refractivity contribution in [3.8, 4) is 23.0 Å². The zero-order chi connectivity index (χ0) is 28.6. The molecule has 0 radical (unpaired) electrons. The van der Waals surface area contributed by atoms with Gasteiger partial charge in [-0.3, -0.25) is 14.5 Å². The van der Waals surface area contributed by atoms with Gasteiger partial charge in [0.1, 0.15) is 4.90 Å². The number of nitrogens with zero attached hydrogens (tertiary/aromatic N) is 1. The highest BCUT2D eigenvalue weighted by Crippen LogP contribution is 2.41. The van der Waals surface area contributed by atoms with Gasteiger partial charge in [-0.05, 0) is 95.7 Å². The number of amides is 2. The van der Waals surface area contributed by atoms with E-state index in [1.165, 1.54) is 12.1 Å². The summed E-state index contributed by atoms with van der Waals surface area (Å²) in [5.74, 6) is 0.723. The first-order valence-electron chi connectivity index (χ1n) is 11.9. The molecule has 0 unspecified atom stereocenters. The highest BCUT2D eigenvalue weighted by atomic mass is 127. The van der Waals surface area contributed by atoms with Gasteiger partial charge < -0.3 is 18.4 Å². The Bertz CT molecular complexity index is 1660. The quantitative estimate of drug-likeness (QED) is 0.149. The number of benzene rings is 3. The molecule has 5 rings (SSSR count). The Balaban J connectivity index is 1.40. The van der Waals surface area contributed by atoms with Gasteiger partial charge in [0.2, 0.25) is 6.79 Å². The first kappa shape index (κ1) is 28.6. The van der Waals surface area contributed by atoms with Crippen LogP contribution in [0.3, 0.4) is 0 Å². The molecule has 9 nitrogen and oxygen atoms in total. The van der Waals surface area contributed by atoms with Gasteiger partial charge in [-0.1, -0.05) is 29.3 Å². The van der Waals surface area contributed by atoms with Gasteiger partial charge in [0.15, 0.2) is 23.0 Å². The van der Waals surface area contributed by atoms with E-state index in [9.17, 15) is 18.0 Å². The molecular weight excluding hydrogens is 693 g/mol. The molecule has 2 heterocycles. The standard InChI is InChI=1S/C27H21ClINO8S2/c1-3-35-23-9-16(8-20(29)25(23)38-40(33,34)18-6-4-15(2)5-7-18)10-24-26(31)30(27(32)39-24)13-17-11-21-22(12-19(17)28)37-14-36-21/h4-12H,3,13-14H2,1-2H3/b24-10-. The van der Waals surface area contributed by atoms with Crippen LogP contribution in [-0.4, -0.2) is 37.9 Å². The molecule has 0 aromatic heterocycles. The van der Waals surface area contributed by atoms with Crippen LogP contribution in [0.15, 0.2) is 58.3 Å². The summed E-state index contributed by atoms with van der Waals surface area (Å²) in [6.45, 7) is 3.89. The summed E-state index contributed by atoms with van der Waals surface area (Å²) in [6, 6.07) is 12.8. The highest BCUT2D eigenvalue weighted by Gasteiger charge is 2.36. The van der Waals surface area contributed by atoms with Gasteiger partial charge >= 0.3 is 10.1 Å². The summed E-state index contributed by atoms with van der Waals surface area (Å²) in [4.78, 5) is 27.2. The minimum Gasteiger partial charge on any atom is -0.490 e. The van der Waals surface area contributed by atoms with Crippen LogP contribution < -0.4 is 18.4 Å². The second-order valence-corrected chi connectivity index (χ2v) is 12.8. The Morgan fingerprint density at radius 3 is 2.50 bits per heavy atom. The molecule has 0 bridgehead atoms. The molecule has 1 fully saturated rings. The smallest absolute Gasteiger partial charge is 0.339 e. The van der Waals surface area contributed by atoms with Crippen LogP contribution in [0.1, 0.15) is 23.6 Å². The summed E-state index contributed by atoms with van der Waals surface area (Å²) in [5, 5.41) is -0.103. The molecule has 2 amide bonds. The van der Waals surface area contributed by atoms with Crippen molar-refractivity contribution in [2.75, 3.05) is 13.4 Å². The Morgan fingerprint density at radius 1 is 1.10 bits per heavy atom. The number of hydrogen-bond donors (Lipinski definition) is 0. The maximum Gasteiger partial charge on any atom is 0.339 e. The number of fused-ring (bicyclic) bond motifs is 1. The first-order chi connectivity index (χ1) is 19.1. The summed E-state index contributed by atoms with van der Waals surface area (Å²) in [5.41, 5.74) is 1.98. The number of thioether (sulfide) groups is 1. The van der Waals surface area contributed by atoms with Crippen LogP contribution >= 0.6 is 46.0 Å². The molecule has 2 aliphatic rings. The third-order valence-electron chi connectivity index (χ3n) is 5.88. The van der Waals surface area contributed by atoms with E-state index in [0.29, 0.717) is 31.2 Å². The van der Waals surface area contributed by atoms with Crippen molar-refractivity contribution >= 4 is 73.3 Å². The van der Waals surface area contributed by atoms with Crippen molar-refractivity contribution in [3.05, 3.63) is 78.7 Å². The fourth-order valence-electron chi connectivity index (χ4n) is 3.92. The monoisotopic (exact) mass is 713 g/mol. The van der Waals surface area contributed by atoms with Crippen molar-refractivity contribution in [2.45, 2.75) is 25.3 Å².